The molecule has 6 heteroatoms. The minimum atomic E-state index is -0.333. The molecule has 1 N–H and O–H groups in total. The molecule has 0 aromatic carbocycles. The van der Waals surface area contributed by atoms with Gasteiger partial charge in [0.25, 0.3) is 5.91 Å². The number of amides is 1. The highest BCUT2D eigenvalue weighted by Gasteiger charge is 2.12. The fourth-order valence-electron chi connectivity index (χ4n) is 0.730. The van der Waals surface area contributed by atoms with Crippen LogP contribution in [0.15, 0.2) is 4.52 Å². The van der Waals surface area contributed by atoms with Crippen molar-refractivity contribution in [1.82, 2.24) is 5.16 Å². The monoisotopic (exact) mass is 204 g/mol. The minimum Gasteiger partial charge on any atom is -0.375 e. The average molecular weight is 205 g/mol. The van der Waals surface area contributed by atoms with Crippen LogP contribution in [0.5, 0.6) is 0 Å². The second-order valence-corrected chi connectivity index (χ2v) is 2.77. The topological polar surface area (TPSA) is 64.4 Å². The normalized spacial score (nSPS) is 10.1. The van der Waals surface area contributed by atoms with Gasteiger partial charge in [0.05, 0.1) is 0 Å². The van der Waals surface area contributed by atoms with Crippen LogP contribution in [0.25, 0.3) is 0 Å². The number of hydrogen-bond acceptors (Lipinski definition) is 4. The molecule has 0 saturated carbocycles. The standard InChI is InChI=1S/C7H9ClN2O3/c1-4-6(8)7(13-10-4)9-5(11)3-12-2/h3H2,1-2H3,(H,9,11). The van der Waals surface area contributed by atoms with Crippen LogP contribution in [-0.4, -0.2) is 24.8 Å². The second kappa shape index (κ2) is 4.25. The molecule has 72 valence electrons. The van der Waals surface area contributed by atoms with E-state index in [1.807, 2.05) is 0 Å². The first kappa shape index (κ1) is 10.0. The predicted octanol–water partition coefficient (Wildman–Crippen LogP) is 1.22. The van der Waals surface area contributed by atoms with Crippen molar-refractivity contribution in [2.24, 2.45) is 0 Å². The first-order chi connectivity index (χ1) is 6.15. The summed E-state index contributed by atoms with van der Waals surface area (Å²) in [6.45, 7) is 1.63. The summed E-state index contributed by atoms with van der Waals surface area (Å²) in [5, 5.41) is 6.28. The molecule has 0 atom stereocenters. The van der Waals surface area contributed by atoms with E-state index < -0.39 is 0 Å². The van der Waals surface area contributed by atoms with Crippen LogP contribution in [-0.2, 0) is 9.53 Å². The van der Waals surface area contributed by atoms with Crippen molar-refractivity contribution in [1.29, 1.82) is 0 Å². The Morgan fingerprint density at radius 1 is 1.77 bits per heavy atom. The van der Waals surface area contributed by atoms with Gasteiger partial charge in [-0.2, -0.15) is 0 Å². The number of aryl methyl sites for hydroxylation is 1. The number of methoxy groups -OCH3 is 1. The molecule has 0 fully saturated rings. The molecule has 1 heterocycles. The Morgan fingerprint density at radius 3 is 2.92 bits per heavy atom. The van der Waals surface area contributed by atoms with Gasteiger partial charge in [0, 0.05) is 7.11 Å². The average Bonchev–Trinajstić information content (AvgIpc) is 2.37. The second-order valence-electron chi connectivity index (χ2n) is 2.39. The number of ether oxygens (including phenoxy) is 1. The number of rotatable bonds is 3. The number of nitrogens with zero attached hydrogens (tertiary/aromatic N) is 1. The van der Waals surface area contributed by atoms with E-state index in [4.69, 9.17) is 16.1 Å². The third-order valence-electron chi connectivity index (χ3n) is 1.32. The number of halogens is 1. The summed E-state index contributed by atoms with van der Waals surface area (Å²) in [6, 6.07) is 0. The molecular weight excluding hydrogens is 196 g/mol. The van der Waals surface area contributed by atoms with E-state index >= 15 is 0 Å². The molecular formula is C7H9ClN2O3. The smallest absolute Gasteiger partial charge is 0.252 e. The number of nitrogens with one attached hydrogen (secondary N) is 1. The number of anilines is 1. The maximum atomic E-state index is 11.0. The predicted molar refractivity (Wildman–Crippen MR) is 46.8 cm³/mol. The van der Waals surface area contributed by atoms with Crippen LogP contribution < -0.4 is 5.32 Å². The van der Waals surface area contributed by atoms with E-state index in [1.165, 1.54) is 7.11 Å². The molecule has 1 aromatic heterocycles. The Morgan fingerprint density at radius 2 is 2.46 bits per heavy atom. The molecule has 0 spiro atoms. The minimum absolute atomic E-state index is 0.0456. The Bertz CT molecular complexity index is 311. The van der Waals surface area contributed by atoms with Crippen LogP contribution in [0.1, 0.15) is 5.69 Å². The highest BCUT2D eigenvalue weighted by atomic mass is 35.5. The Hall–Kier alpha value is -1.07. The molecule has 0 unspecified atom stereocenters. The molecule has 0 aliphatic heterocycles. The lowest BCUT2D eigenvalue weighted by Gasteiger charge is -1.98. The summed E-state index contributed by atoms with van der Waals surface area (Å²) in [6.07, 6.45) is 0. The number of carbonyl (C=O) groups excluding carboxylic acids is 1. The summed E-state index contributed by atoms with van der Waals surface area (Å²) in [7, 11) is 1.42. The molecule has 13 heavy (non-hydrogen) atoms. The van der Waals surface area contributed by atoms with Gasteiger partial charge in [0.2, 0.25) is 5.88 Å². The molecule has 0 radical (unpaired) electrons. The number of hydrogen-bond donors (Lipinski definition) is 1. The molecule has 0 saturated heterocycles. The summed E-state index contributed by atoms with van der Waals surface area (Å²) in [5.41, 5.74) is 0.536. The highest BCUT2D eigenvalue weighted by Crippen LogP contribution is 2.24. The Kier molecular flexibility index (Phi) is 3.27. The number of carbonyl (C=O) groups is 1. The molecule has 1 aromatic rings. The van der Waals surface area contributed by atoms with Crippen molar-refractivity contribution < 1.29 is 14.1 Å². The maximum Gasteiger partial charge on any atom is 0.252 e. The van der Waals surface area contributed by atoms with Gasteiger partial charge in [-0.15, -0.1) is 0 Å². The zero-order valence-corrected chi connectivity index (χ0v) is 8.01. The van der Waals surface area contributed by atoms with Crippen molar-refractivity contribution >= 4 is 23.4 Å². The fourth-order valence-corrected chi connectivity index (χ4v) is 0.846. The van der Waals surface area contributed by atoms with Crippen LogP contribution in [0.2, 0.25) is 5.02 Å². The van der Waals surface area contributed by atoms with Crippen molar-refractivity contribution in [3.05, 3.63) is 10.7 Å². The van der Waals surface area contributed by atoms with E-state index in [1.54, 1.807) is 6.92 Å². The molecule has 0 bridgehead atoms. The summed E-state index contributed by atoms with van der Waals surface area (Å²) >= 11 is 5.74. The Balaban J connectivity index is 2.64. The largest absolute Gasteiger partial charge is 0.375 e. The van der Waals surface area contributed by atoms with Gasteiger partial charge in [0.15, 0.2) is 0 Å². The third-order valence-corrected chi connectivity index (χ3v) is 1.76. The van der Waals surface area contributed by atoms with Gasteiger partial charge in [-0.3, -0.25) is 10.1 Å². The molecule has 5 nitrogen and oxygen atoms in total. The SMILES string of the molecule is COCC(=O)Nc1onc(C)c1Cl. The van der Waals surface area contributed by atoms with Gasteiger partial charge in [-0.1, -0.05) is 16.8 Å². The lowest BCUT2D eigenvalue weighted by Crippen LogP contribution is -2.16. The zero-order chi connectivity index (χ0) is 9.84. The molecule has 0 aliphatic carbocycles. The van der Waals surface area contributed by atoms with Crippen LogP contribution in [0, 0.1) is 6.92 Å². The van der Waals surface area contributed by atoms with E-state index in [0.717, 1.165) is 0 Å². The van der Waals surface area contributed by atoms with Gasteiger partial charge in [-0.05, 0) is 6.92 Å². The fraction of sp³-hybridized carbons (Fsp3) is 0.429. The summed E-state index contributed by atoms with van der Waals surface area (Å²) < 4.78 is 9.35. The third kappa shape index (κ3) is 2.43. The molecule has 1 rings (SSSR count). The van der Waals surface area contributed by atoms with E-state index in [2.05, 4.69) is 15.2 Å². The van der Waals surface area contributed by atoms with Gasteiger partial charge >= 0.3 is 0 Å². The van der Waals surface area contributed by atoms with Gasteiger partial charge in [-0.25, -0.2) is 0 Å². The Labute approximate surface area is 80.0 Å². The summed E-state index contributed by atoms with van der Waals surface area (Å²) in [5.74, 6) is -0.179. The van der Waals surface area contributed by atoms with Crippen molar-refractivity contribution in [3.8, 4) is 0 Å². The van der Waals surface area contributed by atoms with Gasteiger partial charge < -0.3 is 9.26 Å². The quantitative estimate of drug-likeness (QED) is 0.804. The first-order valence-electron chi connectivity index (χ1n) is 3.55. The van der Waals surface area contributed by atoms with Crippen molar-refractivity contribution in [2.45, 2.75) is 6.92 Å². The molecule has 0 aliphatic rings. The van der Waals surface area contributed by atoms with Crippen molar-refractivity contribution in [2.75, 3.05) is 19.0 Å². The molecule has 1 amide bonds. The van der Waals surface area contributed by atoms with Crippen LogP contribution >= 0.6 is 11.6 Å². The van der Waals surface area contributed by atoms with E-state index in [9.17, 15) is 4.79 Å². The van der Waals surface area contributed by atoms with Crippen molar-refractivity contribution in [3.63, 3.8) is 0 Å². The number of aromatic nitrogens is 1. The highest BCUT2D eigenvalue weighted by molar-refractivity contribution is 6.33. The van der Waals surface area contributed by atoms with Gasteiger partial charge in [0.1, 0.15) is 17.3 Å². The van der Waals surface area contributed by atoms with E-state index in [-0.39, 0.29) is 18.4 Å². The maximum absolute atomic E-state index is 11.0. The zero-order valence-electron chi connectivity index (χ0n) is 7.26. The van der Waals surface area contributed by atoms with E-state index in [0.29, 0.717) is 10.7 Å². The lowest BCUT2D eigenvalue weighted by molar-refractivity contribution is -0.119. The first-order valence-corrected chi connectivity index (χ1v) is 3.93. The lowest BCUT2D eigenvalue weighted by atomic mass is 10.4. The van der Waals surface area contributed by atoms with Crippen LogP contribution in [0.4, 0.5) is 5.88 Å². The summed E-state index contributed by atoms with van der Waals surface area (Å²) in [4.78, 5) is 11.0. The van der Waals surface area contributed by atoms with Crippen LogP contribution in [0.3, 0.4) is 0 Å².